The minimum atomic E-state index is 0.492. The molecule has 0 saturated heterocycles. The van der Waals surface area contributed by atoms with Gasteiger partial charge < -0.3 is 5.32 Å². The molecule has 1 aromatic rings. The normalized spacial score (nSPS) is 13.2. The molecule has 0 saturated carbocycles. The smallest absolute Gasteiger partial charge is 0.0317 e. The van der Waals surface area contributed by atoms with Crippen molar-refractivity contribution in [3.63, 3.8) is 0 Å². The fraction of sp³-hybridized carbons (Fsp3) is 0.467. The average Bonchev–Trinajstić information content (AvgIpc) is 2.31. The van der Waals surface area contributed by atoms with Crippen LogP contribution in [0.2, 0.25) is 0 Å². The molecule has 0 fully saturated rings. The number of aryl methyl sites for hydroxylation is 1. The summed E-state index contributed by atoms with van der Waals surface area (Å²) in [7, 11) is 0. The summed E-state index contributed by atoms with van der Waals surface area (Å²) in [4.78, 5) is 0. The Kier molecular flexibility index (Phi) is 5.87. The van der Waals surface area contributed by atoms with E-state index in [4.69, 9.17) is 0 Å². The van der Waals surface area contributed by atoms with Crippen LogP contribution in [-0.4, -0.2) is 6.54 Å². The zero-order chi connectivity index (χ0) is 11.8. The van der Waals surface area contributed by atoms with Gasteiger partial charge >= 0.3 is 0 Å². The van der Waals surface area contributed by atoms with Crippen LogP contribution < -0.4 is 5.32 Å². The van der Waals surface area contributed by atoms with E-state index in [9.17, 15) is 0 Å². The van der Waals surface area contributed by atoms with Crippen molar-refractivity contribution in [3.05, 3.63) is 47.5 Å². The first-order valence-corrected chi connectivity index (χ1v) is 6.19. The molecule has 0 radical (unpaired) electrons. The second kappa shape index (κ2) is 7.24. The third kappa shape index (κ3) is 4.19. The molecule has 1 aromatic carbocycles. The lowest BCUT2D eigenvalue weighted by Crippen LogP contribution is -2.21. The highest BCUT2D eigenvalue weighted by Gasteiger charge is 2.06. The quantitative estimate of drug-likeness (QED) is 0.561. The van der Waals surface area contributed by atoms with E-state index in [1.54, 1.807) is 0 Å². The summed E-state index contributed by atoms with van der Waals surface area (Å²) in [5, 5.41) is 3.59. The van der Waals surface area contributed by atoms with Gasteiger partial charge in [0.15, 0.2) is 0 Å². The van der Waals surface area contributed by atoms with Gasteiger partial charge in [0.2, 0.25) is 0 Å². The predicted octanol–water partition coefficient (Wildman–Crippen LogP) is 4.00. The zero-order valence-corrected chi connectivity index (χ0v) is 10.7. The topological polar surface area (TPSA) is 12.0 Å². The Labute approximate surface area is 99.6 Å². The molecule has 0 aromatic heterocycles. The van der Waals surface area contributed by atoms with Gasteiger partial charge in [-0.25, -0.2) is 0 Å². The molecular weight excluding hydrogens is 194 g/mol. The van der Waals surface area contributed by atoms with Gasteiger partial charge in [0, 0.05) is 6.04 Å². The Morgan fingerprint density at radius 2 is 1.94 bits per heavy atom. The fourth-order valence-corrected chi connectivity index (χ4v) is 1.80. The Morgan fingerprint density at radius 3 is 2.50 bits per heavy atom. The molecule has 1 heteroatoms. The van der Waals surface area contributed by atoms with Crippen LogP contribution in [0.15, 0.2) is 36.4 Å². The SMILES string of the molecule is C/C=C/CCNC(CC)c1ccc(C)cc1. The van der Waals surface area contributed by atoms with Crippen LogP contribution >= 0.6 is 0 Å². The van der Waals surface area contributed by atoms with Crippen LogP contribution in [0.4, 0.5) is 0 Å². The van der Waals surface area contributed by atoms with Crippen LogP contribution in [0.5, 0.6) is 0 Å². The second-order valence-corrected chi connectivity index (χ2v) is 4.18. The van der Waals surface area contributed by atoms with Gasteiger partial charge in [-0.3, -0.25) is 0 Å². The molecule has 0 spiro atoms. The maximum Gasteiger partial charge on any atom is 0.0317 e. The van der Waals surface area contributed by atoms with Crippen molar-refractivity contribution < 1.29 is 0 Å². The van der Waals surface area contributed by atoms with E-state index in [2.05, 4.69) is 62.5 Å². The minimum Gasteiger partial charge on any atom is -0.310 e. The molecule has 1 atom stereocenters. The summed E-state index contributed by atoms with van der Waals surface area (Å²) in [6.45, 7) is 7.48. The molecule has 0 heterocycles. The first-order valence-electron chi connectivity index (χ1n) is 6.19. The van der Waals surface area contributed by atoms with Gasteiger partial charge in [0.05, 0.1) is 0 Å². The van der Waals surface area contributed by atoms with Gasteiger partial charge in [-0.15, -0.1) is 0 Å². The maximum atomic E-state index is 3.59. The van der Waals surface area contributed by atoms with E-state index in [0.717, 1.165) is 19.4 Å². The van der Waals surface area contributed by atoms with Crippen LogP contribution in [0.25, 0.3) is 0 Å². The summed E-state index contributed by atoms with van der Waals surface area (Å²) in [6.07, 6.45) is 6.56. The van der Waals surface area contributed by atoms with Gasteiger partial charge in [0.25, 0.3) is 0 Å². The monoisotopic (exact) mass is 217 g/mol. The van der Waals surface area contributed by atoms with Gasteiger partial charge in [0.1, 0.15) is 0 Å². The Hall–Kier alpha value is -1.08. The van der Waals surface area contributed by atoms with E-state index in [0.29, 0.717) is 6.04 Å². The van der Waals surface area contributed by atoms with E-state index in [-0.39, 0.29) is 0 Å². The lowest BCUT2D eigenvalue weighted by molar-refractivity contribution is 0.525. The van der Waals surface area contributed by atoms with Crippen LogP contribution in [0.1, 0.15) is 43.9 Å². The number of allylic oxidation sites excluding steroid dienone is 1. The standard InChI is InChI=1S/C15H23N/c1-4-6-7-12-16-15(5-2)14-10-8-13(3)9-11-14/h4,6,8-11,15-16H,5,7,12H2,1-3H3/b6-4+. The van der Waals surface area contributed by atoms with Crippen molar-refractivity contribution in [1.82, 2.24) is 5.32 Å². The Balaban J connectivity index is 2.50. The third-order valence-corrected chi connectivity index (χ3v) is 2.83. The van der Waals surface area contributed by atoms with Crippen LogP contribution in [0, 0.1) is 6.92 Å². The Morgan fingerprint density at radius 1 is 1.25 bits per heavy atom. The summed E-state index contributed by atoms with van der Waals surface area (Å²) in [6, 6.07) is 9.32. The van der Waals surface area contributed by atoms with Crippen molar-refractivity contribution in [1.29, 1.82) is 0 Å². The maximum absolute atomic E-state index is 3.59. The lowest BCUT2D eigenvalue weighted by atomic mass is 10.0. The summed E-state index contributed by atoms with van der Waals surface area (Å²) in [5.41, 5.74) is 2.72. The van der Waals surface area contributed by atoms with Crippen molar-refractivity contribution in [2.75, 3.05) is 6.54 Å². The van der Waals surface area contributed by atoms with E-state index >= 15 is 0 Å². The molecule has 0 aliphatic rings. The van der Waals surface area contributed by atoms with E-state index in [1.165, 1.54) is 11.1 Å². The molecule has 0 aliphatic carbocycles. The molecule has 16 heavy (non-hydrogen) atoms. The van der Waals surface area contributed by atoms with Gasteiger partial charge in [-0.2, -0.15) is 0 Å². The second-order valence-electron chi connectivity index (χ2n) is 4.18. The van der Waals surface area contributed by atoms with Gasteiger partial charge in [-0.1, -0.05) is 48.9 Å². The first-order chi connectivity index (χ1) is 7.77. The zero-order valence-electron chi connectivity index (χ0n) is 10.7. The molecule has 1 rings (SSSR count). The predicted molar refractivity (Wildman–Crippen MR) is 71.6 cm³/mol. The Bertz CT molecular complexity index is 311. The fourth-order valence-electron chi connectivity index (χ4n) is 1.80. The largest absolute Gasteiger partial charge is 0.310 e. The highest BCUT2D eigenvalue weighted by molar-refractivity contribution is 5.24. The van der Waals surface area contributed by atoms with Crippen molar-refractivity contribution in [2.24, 2.45) is 0 Å². The van der Waals surface area contributed by atoms with Crippen LogP contribution in [0.3, 0.4) is 0 Å². The van der Waals surface area contributed by atoms with Crippen LogP contribution in [-0.2, 0) is 0 Å². The lowest BCUT2D eigenvalue weighted by Gasteiger charge is -2.17. The van der Waals surface area contributed by atoms with E-state index in [1.807, 2.05) is 0 Å². The first kappa shape index (κ1) is 13.0. The molecule has 88 valence electrons. The molecule has 1 N–H and O–H groups in total. The number of hydrogen-bond donors (Lipinski definition) is 1. The average molecular weight is 217 g/mol. The van der Waals surface area contributed by atoms with Crippen molar-refractivity contribution in [3.8, 4) is 0 Å². The molecule has 1 unspecified atom stereocenters. The highest BCUT2D eigenvalue weighted by Crippen LogP contribution is 2.16. The number of nitrogens with one attached hydrogen (secondary N) is 1. The van der Waals surface area contributed by atoms with E-state index < -0.39 is 0 Å². The highest BCUT2D eigenvalue weighted by atomic mass is 14.9. The molecular formula is C15H23N. The minimum absolute atomic E-state index is 0.492. The summed E-state index contributed by atoms with van der Waals surface area (Å²) in [5.74, 6) is 0. The van der Waals surface area contributed by atoms with Crippen molar-refractivity contribution >= 4 is 0 Å². The molecule has 1 nitrogen and oxygen atoms in total. The number of rotatable bonds is 6. The van der Waals surface area contributed by atoms with Gasteiger partial charge in [-0.05, 0) is 38.8 Å². The molecule has 0 bridgehead atoms. The summed E-state index contributed by atoms with van der Waals surface area (Å²) < 4.78 is 0. The third-order valence-electron chi connectivity index (χ3n) is 2.83. The number of benzene rings is 1. The summed E-state index contributed by atoms with van der Waals surface area (Å²) >= 11 is 0. The van der Waals surface area contributed by atoms with Crippen molar-refractivity contribution in [2.45, 2.75) is 39.7 Å². The molecule has 0 aliphatic heterocycles. The molecule has 0 amide bonds. The number of hydrogen-bond acceptors (Lipinski definition) is 1.